The van der Waals surface area contributed by atoms with E-state index in [2.05, 4.69) is 5.32 Å². The van der Waals surface area contributed by atoms with Crippen molar-refractivity contribution in [2.45, 2.75) is 33.2 Å². The number of rotatable bonds is 3. The molecule has 0 aliphatic carbocycles. The molecule has 3 nitrogen and oxygen atoms in total. The van der Waals surface area contributed by atoms with Crippen molar-refractivity contribution in [2.75, 3.05) is 0 Å². The quantitative estimate of drug-likeness (QED) is 0.729. The van der Waals surface area contributed by atoms with Crippen molar-refractivity contribution in [3.05, 3.63) is 0 Å². The van der Waals surface area contributed by atoms with Crippen LogP contribution >= 0.6 is 0 Å². The lowest BCUT2D eigenvalue weighted by Crippen LogP contribution is -2.44. The van der Waals surface area contributed by atoms with E-state index in [1.54, 1.807) is 6.07 Å². The molecular formula is C8H12F2N2O. The predicted molar refractivity (Wildman–Crippen MR) is 43.0 cm³/mol. The zero-order valence-corrected chi connectivity index (χ0v) is 7.77. The number of hydrogen-bond acceptors (Lipinski definition) is 2. The van der Waals surface area contributed by atoms with Crippen LogP contribution in [0.5, 0.6) is 0 Å². The predicted octanol–water partition coefficient (Wildman–Crippen LogP) is 1.31. The minimum atomic E-state index is -2.61. The van der Waals surface area contributed by atoms with E-state index in [0.717, 1.165) is 0 Å². The maximum Gasteiger partial charge on any atom is 0.258 e. The normalized spacial score (nSPS) is 13.6. The van der Waals surface area contributed by atoms with Gasteiger partial charge in [-0.05, 0) is 20.8 Å². The third-order valence-corrected chi connectivity index (χ3v) is 1.58. The summed E-state index contributed by atoms with van der Waals surface area (Å²) >= 11 is 0. The molecule has 0 radical (unpaired) electrons. The molecule has 1 atom stereocenters. The van der Waals surface area contributed by atoms with Crippen LogP contribution in [0.15, 0.2) is 0 Å². The molecule has 0 aromatic heterocycles. The first-order valence-corrected chi connectivity index (χ1v) is 3.81. The van der Waals surface area contributed by atoms with E-state index in [1.165, 1.54) is 20.8 Å². The standard InChI is InChI=1S/C8H12F2N2O/c1-5(6(9)10)12-7(13)8(2,3)4-11/h5-6H,1-3H3,(H,12,13). The van der Waals surface area contributed by atoms with Gasteiger partial charge >= 0.3 is 0 Å². The van der Waals surface area contributed by atoms with E-state index in [9.17, 15) is 13.6 Å². The van der Waals surface area contributed by atoms with Crippen molar-refractivity contribution in [1.82, 2.24) is 5.32 Å². The van der Waals surface area contributed by atoms with Crippen LogP contribution in [-0.2, 0) is 4.79 Å². The highest BCUT2D eigenvalue weighted by Gasteiger charge is 2.29. The number of carbonyl (C=O) groups is 1. The summed E-state index contributed by atoms with van der Waals surface area (Å²) in [7, 11) is 0. The average molecular weight is 190 g/mol. The second-order valence-corrected chi connectivity index (χ2v) is 3.33. The van der Waals surface area contributed by atoms with Crippen molar-refractivity contribution < 1.29 is 13.6 Å². The summed E-state index contributed by atoms with van der Waals surface area (Å²) in [6.45, 7) is 3.94. The first kappa shape index (κ1) is 11.8. The van der Waals surface area contributed by atoms with Crippen LogP contribution < -0.4 is 5.32 Å². The van der Waals surface area contributed by atoms with Gasteiger partial charge in [-0.3, -0.25) is 4.79 Å². The first-order valence-electron chi connectivity index (χ1n) is 3.81. The smallest absolute Gasteiger partial charge is 0.258 e. The number of amides is 1. The van der Waals surface area contributed by atoms with Gasteiger partial charge in [-0.15, -0.1) is 0 Å². The van der Waals surface area contributed by atoms with E-state index in [-0.39, 0.29) is 0 Å². The van der Waals surface area contributed by atoms with E-state index < -0.39 is 23.8 Å². The number of nitrogens with zero attached hydrogens (tertiary/aromatic N) is 1. The van der Waals surface area contributed by atoms with Gasteiger partial charge in [0.2, 0.25) is 5.91 Å². The Hall–Kier alpha value is -1.18. The topological polar surface area (TPSA) is 52.9 Å². The van der Waals surface area contributed by atoms with E-state index >= 15 is 0 Å². The lowest BCUT2D eigenvalue weighted by Gasteiger charge is -2.19. The number of nitriles is 1. The monoisotopic (exact) mass is 190 g/mol. The molecule has 0 aromatic rings. The number of halogens is 2. The summed E-state index contributed by atoms with van der Waals surface area (Å²) in [6, 6.07) is 0.506. The lowest BCUT2D eigenvalue weighted by atomic mass is 9.94. The summed E-state index contributed by atoms with van der Waals surface area (Å²) in [6.07, 6.45) is -2.61. The minimum absolute atomic E-state index is 0.678. The van der Waals surface area contributed by atoms with Crippen LogP contribution in [0, 0.1) is 16.7 Å². The molecule has 0 rings (SSSR count). The average Bonchev–Trinajstić information content (AvgIpc) is 2.04. The molecule has 0 aliphatic rings. The van der Waals surface area contributed by atoms with Crippen molar-refractivity contribution in [1.29, 1.82) is 5.26 Å². The zero-order chi connectivity index (χ0) is 10.6. The molecule has 0 saturated carbocycles. The molecule has 13 heavy (non-hydrogen) atoms. The van der Waals surface area contributed by atoms with Gasteiger partial charge in [0, 0.05) is 0 Å². The van der Waals surface area contributed by atoms with Crippen molar-refractivity contribution in [3.8, 4) is 6.07 Å². The summed E-state index contributed by atoms with van der Waals surface area (Å²) in [4.78, 5) is 11.1. The van der Waals surface area contributed by atoms with Gasteiger partial charge in [0.25, 0.3) is 6.43 Å². The Morgan fingerprint density at radius 1 is 1.54 bits per heavy atom. The first-order chi connectivity index (χ1) is 5.81. The molecule has 0 bridgehead atoms. The van der Waals surface area contributed by atoms with Gasteiger partial charge in [-0.1, -0.05) is 0 Å². The van der Waals surface area contributed by atoms with Crippen molar-refractivity contribution in [2.24, 2.45) is 5.41 Å². The largest absolute Gasteiger partial charge is 0.347 e. The Bertz CT molecular complexity index is 233. The Kier molecular flexibility index (Phi) is 3.79. The van der Waals surface area contributed by atoms with Crippen molar-refractivity contribution >= 4 is 5.91 Å². The highest BCUT2D eigenvalue weighted by Crippen LogP contribution is 2.13. The molecular weight excluding hydrogens is 178 g/mol. The van der Waals surface area contributed by atoms with Gasteiger partial charge in [-0.25, -0.2) is 8.78 Å². The molecule has 0 heterocycles. The number of alkyl halides is 2. The maximum absolute atomic E-state index is 12.0. The molecule has 0 fully saturated rings. The van der Waals surface area contributed by atoms with Gasteiger partial charge < -0.3 is 5.32 Å². The molecule has 1 N–H and O–H groups in total. The summed E-state index contributed by atoms with van der Waals surface area (Å²) in [5.74, 6) is -0.678. The third kappa shape index (κ3) is 3.36. The van der Waals surface area contributed by atoms with Crippen LogP contribution in [0.2, 0.25) is 0 Å². The van der Waals surface area contributed by atoms with E-state index in [0.29, 0.717) is 0 Å². The van der Waals surface area contributed by atoms with E-state index in [4.69, 9.17) is 5.26 Å². The SMILES string of the molecule is CC(NC(=O)C(C)(C)C#N)C(F)F. The van der Waals surface area contributed by atoms with E-state index in [1.807, 2.05) is 0 Å². The van der Waals surface area contributed by atoms with Crippen molar-refractivity contribution in [3.63, 3.8) is 0 Å². The second kappa shape index (κ2) is 4.17. The Morgan fingerprint density at radius 3 is 2.31 bits per heavy atom. The van der Waals surface area contributed by atoms with Crippen LogP contribution in [0.3, 0.4) is 0 Å². The Morgan fingerprint density at radius 2 is 2.00 bits per heavy atom. The molecule has 0 saturated heterocycles. The molecule has 0 aliphatic heterocycles. The molecule has 5 heteroatoms. The van der Waals surface area contributed by atoms with Crippen LogP contribution in [0.4, 0.5) is 8.78 Å². The highest BCUT2D eigenvalue weighted by molar-refractivity contribution is 5.84. The van der Waals surface area contributed by atoms with Gasteiger partial charge in [-0.2, -0.15) is 5.26 Å². The van der Waals surface area contributed by atoms with Crippen LogP contribution in [0.1, 0.15) is 20.8 Å². The molecule has 1 amide bonds. The highest BCUT2D eigenvalue weighted by atomic mass is 19.3. The fraction of sp³-hybridized carbons (Fsp3) is 0.750. The number of nitrogens with one attached hydrogen (secondary N) is 1. The number of carbonyl (C=O) groups excluding carboxylic acids is 1. The van der Waals surface area contributed by atoms with Gasteiger partial charge in [0.05, 0.1) is 12.1 Å². The molecule has 0 spiro atoms. The number of hydrogen-bond donors (Lipinski definition) is 1. The van der Waals surface area contributed by atoms with Gasteiger partial charge in [0.15, 0.2) is 0 Å². The fourth-order valence-electron chi connectivity index (χ4n) is 0.501. The second-order valence-electron chi connectivity index (χ2n) is 3.33. The summed E-state index contributed by atoms with van der Waals surface area (Å²) in [5.41, 5.74) is -1.26. The summed E-state index contributed by atoms with van der Waals surface area (Å²) in [5, 5.41) is 10.6. The third-order valence-electron chi connectivity index (χ3n) is 1.58. The Balaban J connectivity index is 4.26. The minimum Gasteiger partial charge on any atom is -0.347 e. The lowest BCUT2D eigenvalue weighted by molar-refractivity contribution is -0.128. The fourth-order valence-corrected chi connectivity index (χ4v) is 0.501. The van der Waals surface area contributed by atoms with Gasteiger partial charge in [0.1, 0.15) is 5.41 Å². The molecule has 1 unspecified atom stereocenters. The zero-order valence-electron chi connectivity index (χ0n) is 7.77. The molecule has 74 valence electrons. The maximum atomic E-state index is 12.0. The van der Waals surface area contributed by atoms with Crippen LogP contribution in [0.25, 0.3) is 0 Å². The van der Waals surface area contributed by atoms with Crippen LogP contribution in [-0.4, -0.2) is 18.4 Å². The Labute approximate surface area is 75.7 Å². The summed E-state index contributed by atoms with van der Waals surface area (Å²) < 4.78 is 24.0. The molecule has 0 aromatic carbocycles.